The smallest absolute Gasteiger partial charge is 0.261 e. The number of hydrogen-bond acceptors (Lipinski definition) is 4. The Morgan fingerprint density at radius 2 is 1.71 bits per heavy atom. The van der Waals surface area contributed by atoms with Gasteiger partial charge in [-0.3, -0.25) is 9.52 Å². The predicted octanol–water partition coefficient (Wildman–Crippen LogP) is 1.31. The van der Waals surface area contributed by atoms with Crippen LogP contribution in [-0.4, -0.2) is 14.3 Å². The molecular weight excluding hydrogens is 297 g/mol. The second-order valence-corrected chi connectivity index (χ2v) is 5.91. The fourth-order valence-electron chi connectivity index (χ4n) is 1.62. The Kier molecular flexibility index (Phi) is 3.81. The van der Waals surface area contributed by atoms with Crippen LogP contribution in [0.2, 0.25) is 0 Å². The normalized spacial score (nSPS) is 11.1. The Hall–Kier alpha value is -2.61. The van der Waals surface area contributed by atoms with Crippen LogP contribution in [0.1, 0.15) is 10.4 Å². The van der Waals surface area contributed by atoms with Gasteiger partial charge < -0.3 is 11.5 Å². The van der Waals surface area contributed by atoms with E-state index in [-0.39, 0.29) is 21.8 Å². The van der Waals surface area contributed by atoms with Crippen LogP contribution in [0, 0.1) is 5.82 Å². The van der Waals surface area contributed by atoms with Crippen molar-refractivity contribution in [1.29, 1.82) is 0 Å². The van der Waals surface area contributed by atoms with E-state index in [0.717, 1.165) is 12.1 Å². The second kappa shape index (κ2) is 5.41. The Labute approximate surface area is 120 Å². The van der Waals surface area contributed by atoms with Crippen LogP contribution in [0.5, 0.6) is 0 Å². The van der Waals surface area contributed by atoms with Crippen molar-refractivity contribution in [2.45, 2.75) is 4.90 Å². The first-order valence-corrected chi connectivity index (χ1v) is 7.25. The van der Waals surface area contributed by atoms with Crippen molar-refractivity contribution in [3.63, 3.8) is 0 Å². The third kappa shape index (κ3) is 3.29. The molecule has 0 aromatic heterocycles. The van der Waals surface area contributed by atoms with Crippen LogP contribution in [0.3, 0.4) is 0 Å². The molecule has 0 fully saturated rings. The molecule has 0 atom stereocenters. The first-order valence-electron chi connectivity index (χ1n) is 5.77. The predicted molar refractivity (Wildman–Crippen MR) is 76.6 cm³/mol. The molecule has 2 aromatic carbocycles. The molecule has 2 rings (SSSR count). The van der Waals surface area contributed by atoms with E-state index in [1.54, 1.807) is 0 Å². The van der Waals surface area contributed by atoms with E-state index in [1.165, 1.54) is 30.3 Å². The first-order chi connectivity index (χ1) is 9.79. The number of halogens is 1. The number of amides is 1. The molecule has 0 aliphatic heterocycles. The summed E-state index contributed by atoms with van der Waals surface area (Å²) in [4.78, 5) is 10.8. The summed E-state index contributed by atoms with van der Waals surface area (Å²) in [6.45, 7) is 0. The number of nitrogen functional groups attached to an aromatic ring is 1. The standard InChI is InChI=1S/C13H12FN3O3S/c14-9-3-6-11(15)12(7-9)17-21(19,20)10-4-1-8(2-5-10)13(16)18/h1-7,17H,15H2,(H2,16,18). The molecule has 0 saturated heterocycles. The van der Waals surface area contributed by atoms with Gasteiger partial charge in [-0.2, -0.15) is 0 Å². The maximum atomic E-state index is 13.1. The number of primary amides is 1. The third-order valence-corrected chi connectivity index (χ3v) is 4.09. The molecule has 5 N–H and O–H groups in total. The summed E-state index contributed by atoms with van der Waals surface area (Å²) in [5.74, 6) is -1.28. The average Bonchev–Trinajstić information content (AvgIpc) is 2.43. The lowest BCUT2D eigenvalue weighted by molar-refractivity contribution is 0.1000. The van der Waals surface area contributed by atoms with Crippen molar-refractivity contribution >= 4 is 27.3 Å². The van der Waals surface area contributed by atoms with Gasteiger partial charge in [0.15, 0.2) is 0 Å². The number of benzene rings is 2. The lowest BCUT2D eigenvalue weighted by Crippen LogP contribution is -2.15. The monoisotopic (exact) mass is 309 g/mol. The van der Waals surface area contributed by atoms with Crippen molar-refractivity contribution in [3.05, 3.63) is 53.8 Å². The van der Waals surface area contributed by atoms with E-state index in [2.05, 4.69) is 4.72 Å². The van der Waals surface area contributed by atoms with Gasteiger partial charge in [0.2, 0.25) is 5.91 Å². The van der Waals surface area contributed by atoms with Crippen LogP contribution in [-0.2, 0) is 10.0 Å². The van der Waals surface area contributed by atoms with Crippen molar-refractivity contribution < 1.29 is 17.6 Å². The van der Waals surface area contributed by atoms with E-state index in [0.29, 0.717) is 0 Å². The average molecular weight is 309 g/mol. The molecule has 2 aromatic rings. The van der Waals surface area contributed by atoms with Crippen molar-refractivity contribution in [2.24, 2.45) is 5.73 Å². The maximum Gasteiger partial charge on any atom is 0.261 e. The van der Waals surface area contributed by atoms with Gasteiger partial charge in [0, 0.05) is 11.6 Å². The van der Waals surface area contributed by atoms with Crippen LogP contribution < -0.4 is 16.2 Å². The first kappa shape index (κ1) is 14.8. The quantitative estimate of drug-likeness (QED) is 0.738. The highest BCUT2D eigenvalue weighted by atomic mass is 32.2. The number of sulfonamides is 1. The number of carbonyl (C=O) groups excluding carboxylic acids is 1. The summed E-state index contributed by atoms with van der Waals surface area (Å²) in [5, 5.41) is 0. The van der Waals surface area contributed by atoms with Gasteiger partial charge in [-0.25, -0.2) is 12.8 Å². The number of nitrogens with one attached hydrogen (secondary N) is 1. The van der Waals surface area contributed by atoms with E-state index < -0.39 is 21.7 Å². The molecule has 0 unspecified atom stereocenters. The number of carbonyl (C=O) groups is 1. The molecule has 6 nitrogen and oxygen atoms in total. The zero-order valence-corrected chi connectivity index (χ0v) is 11.5. The SMILES string of the molecule is NC(=O)c1ccc(S(=O)(=O)Nc2cc(F)ccc2N)cc1. The van der Waals surface area contributed by atoms with E-state index in [9.17, 15) is 17.6 Å². The zero-order valence-electron chi connectivity index (χ0n) is 10.7. The molecule has 0 spiro atoms. The molecule has 0 aliphatic carbocycles. The maximum absolute atomic E-state index is 13.1. The van der Waals surface area contributed by atoms with Gasteiger partial charge in [-0.15, -0.1) is 0 Å². The molecule has 0 bridgehead atoms. The Morgan fingerprint density at radius 1 is 1.10 bits per heavy atom. The minimum absolute atomic E-state index is 0.0611. The summed E-state index contributed by atoms with van der Waals surface area (Å²) in [6.07, 6.45) is 0. The highest BCUT2D eigenvalue weighted by molar-refractivity contribution is 7.92. The molecule has 0 radical (unpaired) electrons. The zero-order chi connectivity index (χ0) is 15.6. The van der Waals surface area contributed by atoms with Gasteiger partial charge in [-0.1, -0.05) is 0 Å². The number of hydrogen-bond donors (Lipinski definition) is 3. The summed E-state index contributed by atoms with van der Waals surface area (Å²) in [6, 6.07) is 8.36. The lowest BCUT2D eigenvalue weighted by atomic mass is 10.2. The fraction of sp³-hybridized carbons (Fsp3) is 0. The highest BCUT2D eigenvalue weighted by Crippen LogP contribution is 2.23. The molecule has 1 amide bonds. The number of anilines is 2. The van der Waals surface area contributed by atoms with Gasteiger partial charge in [0.05, 0.1) is 16.3 Å². The van der Waals surface area contributed by atoms with E-state index in [1.807, 2.05) is 0 Å². The largest absolute Gasteiger partial charge is 0.397 e. The van der Waals surface area contributed by atoms with Crippen molar-refractivity contribution in [3.8, 4) is 0 Å². The van der Waals surface area contributed by atoms with Gasteiger partial charge in [-0.05, 0) is 36.4 Å². The Morgan fingerprint density at radius 3 is 2.29 bits per heavy atom. The molecule has 0 saturated carbocycles. The van der Waals surface area contributed by atoms with E-state index in [4.69, 9.17) is 11.5 Å². The van der Waals surface area contributed by atoms with Gasteiger partial charge in [0.1, 0.15) is 5.82 Å². The van der Waals surface area contributed by atoms with E-state index >= 15 is 0 Å². The number of nitrogens with two attached hydrogens (primary N) is 2. The highest BCUT2D eigenvalue weighted by Gasteiger charge is 2.16. The van der Waals surface area contributed by atoms with Crippen LogP contribution in [0.25, 0.3) is 0 Å². The minimum atomic E-state index is -3.94. The minimum Gasteiger partial charge on any atom is -0.397 e. The summed E-state index contributed by atoms with van der Waals surface area (Å²) >= 11 is 0. The van der Waals surface area contributed by atoms with Crippen molar-refractivity contribution in [2.75, 3.05) is 10.5 Å². The van der Waals surface area contributed by atoms with Crippen molar-refractivity contribution in [1.82, 2.24) is 0 Å². The molecule has 8 heteroatoms. The molecular formula is C13H12FN3O3S. The van der Waals surface area contributed by atoms with Crippen LogP contribution in [0.4, 0.5) is 15.8 Å². The summed E-state index contributed by atoms with van der Waals surface area (Å²) in [7, 11) is -3.94. The Bertz CT molecular complexity index is 789. The number of rotatable bonds is 4. The molecule has 0 heterocycles. The topological polar surface area (TPSA) is 115 Å². The summed E-state index contributed by atoms with van der Waals surface area (Å²) in [5.41, 5.74) is 10.9. The van der Waals surface area contributed by atoms with Crippen LogP contribution in [0.15, 0.2) is 47.4 Å². The van der Waals surface area contributed by atoms with Gasteiger partial charge >= 0.3 is 0 Å². The second-order valence-electron chi connectivity index (χ2n) is 4.23. The van der Waals surface area contributed by atoms with Crippen LogP contribution >= 0.6 is 0 Å². The third-order valence-electron chi connectivity index (χ3n) is 2.71. The summed E-state index contributed by atoms with van der Waals surface area (Å²) < 4.78 is 39.6. The fourth-order valence-corrected chi connectivity index (χ4v) is 2.70. The lowest BCUT2D eigenvalue weighted by Gasteiger charge is -2.10. The molecule has 21 heavy (non-hydrogen) atoms. The van der Waals surface area contributed by atoms with Gasteiger partial charge in [0.25, 0.3) is 10.0 Å². The molecule has 0 aliphatic rings. The molecule has 110 valence electrons. The Balaban J connectivity index is 2.34.